The van der Waals surface area contributed by atoms with Gasteiger partial charge in [-0.2, -0.15) is 0 Å². The van der Waals surface area contributed by atoms with Gasteiger partial charge in [-0.1, -0.05) is 31.2 Å². The Labute approximate surface area is 206 Å². The Morgan fingerprint density at radius 3 is 2.57 bits per heavy atom. The number of aryl methyl sites for hydroxylation is 3. The van der Waals surface area contributed by atoms with Gasteiger partial charge in [-0.05, 0) is 56.0 Å². The van der Waals surface area contributed by atoms with E-state index in [-0.39, 0.29) is 11.6 Å². The fourth-order valence-corrected chi connectivity index (χ4v) is 4.99. The van der Waals surface area contributed by atoms with Gasteiger partial charge in [-0.3, -0.25) is 14.0 Å². The van der Waals surface area contributed by atoms with Gasteiger partial charge in [0, 0.05) is 29.8 Å². The van der Waals surface area contributed by atoms with Crippen LogP contribution in [0, 0.1) is 19.8 Å². The quantitative estimate of drug-likeness (QED) is 0.360. The van der Waals surface area contributed by atoms with Crippen molar-refractivity contribution in [3.63, 3.8) is 0 Å². The van der Waals surface area contributed by atoms with Crippen molar-refractivity contribution in [2.24, 2.45) is 5.92 Å². The molecule has 3 aromatic heterocycles. The van der Waals surface area contributed by atoms with Crippen LogP contribution in [0.1, 0.15) is 42.4 Å². The van der Waals surface area contributed by atoms with Crippen molar-refractivity contribution in [2.75, 3.05) is 4.31 Å². The van der Waals surface area contributed by atoms with Crippen LogP contribution < -0.4 is 4.31 Å². The number of hydrogen-bond donors (Lipinski definition) is 0. The van der Waals surface area contributed by atoms with Crippen LogP contribution in [-0.2, 0) is 29.0 Å². The first-order chi connectivity index (χ1) is 16.9. The molecule has 1 atom stereocenters. The molecule has 4 aromatic rings. The number of pyridine rings is 2. The van der Waals surface area contributed by atoms with Crippen molar-refractivity contribution in [3.05, 3.63) is 71.3 Å². The number of rotatable bonds is 7. The van der Waals surface area contributed by atoms with Gasteiger partial charge in [-0.15, -0.1) is 0 Å². The summed E-state index contributed by atoms with van der Waals surface area (Å²) in [5.41, 5.74) is 6.38. The smallest absolute Gasteiger partial charge is 0.241 e. The first-order valence-corrected chi connectivity index (χ1v) is 12.7. The summed E-state index contributed by atoms with van der Waals surface area (Å²) in [6.07, 6.45) is 3.82. The van der Waals surface area contributed by atoms with Gasteiger partial charge in [0.2, 0.25) is 5.91 Å². The molecule has 1 aromatic carbocycles. The molecule has 0 saturated heterocycles. The molecule has 1 aliphatic carbocycles. The van der Waals surface area contributed by atoms with E-state index >= 15 is 0 Å². The molecule has 3 heterocycles. The number of benzene rings is 1. The zero-order valence-electron chi connectivity index (χ0n) is 19.9. The minimum absolute atomic E-state index is 0.234. The number of hydrogen-bond acceptors (Lipinski definition) is 6. The predicted octanol–water partition coefficient (Wildman–Crippen LogP) is 4.26. The SMILES string of the molecule is CCc1nc2c(C)cc(C)nc2n1Cc1ccc(-c2ncccc2N(C(=O)C2CC2)S(=O)[O-])cc1. The highest BCUT2D eigenvalue weighted by Crippen LogP contribution is 2.36. The molecular weight excluding hydrogens is 462 g/mol. The Bertz CT molecular complexity index is 1440. The second kappa shape index (κ2) is 9.31. The maximum absolute atomic E-state index is 12.7. The number of fused-ring (bicyclic) bond motifs is 1. The highest BCUT2D eigenvalue weighted by molar-refractivity contribution is 7.81. The van der Waals surface area contributed by atoms with E-state index in [9.17, 15) is 13.6 Å². The maximum Gasteiger partial charge on any atom is 0.241 e. The summed E-state index contributed by atoms with van der Waals surface area (Å²) in [5, 5.41) is 0. The molecule has 5 rings (SSSR count). The van der Waals surface area contributed by atoms with E-state index in [1.807, 2.05) is 37.3 Å². The average molecular weight is 489 g/mol. The Hall–Kier alpha value is -3.43. The van der Waals surface area contributed by atoms with Gasteiger partial charge < -0.3 is 9.12 Å². The highest BCUT2D eigenvalue weighted by atomic mass is 32.2. The number of anilines is 1. The first kappa shape index (κ1) is 23.3. The lowest BCUT2D eigenvalue weighted by molar-refractivity contribution is -0.118. The van der Waals surface area contributed by atoms with E-state index in [0.29, 0.717) is 25.1 Å². The van der Waals surface area contributed by atoms with Crippen LogP contribution in [0.4, 0.5) is 5.69 Å². The molecule has 0 N–H and O–H groups in total. The third-order valence-corrected chi connectivity index (χ3v) is 6.94. The zero-order valence-corrected chi connectivity index (χ0v) is 20.7. The topological polar surface area (TPSA) is 104 Å². The zero-order chi connectivity index (χ0) is 24.7. The van der Waals surface area contributed by atoms with Crippen molar-refractivity contribution in [3.8, 4) is 11.3 Å². The molecule has 0 aliphatic heterocycles. The third kappa shape index (κ3) is 4.49. The standard InChI is InChI=1S/C26H27N5O3S/c1-4-22-29-23-16(2)14-17(3)28-25(23)30(22)15-18-7-9-19(10-8-18)24-21(6-5-13-27-24)31(35(33)34)26(32)20-11-12-20/h5-10,13-14,20H,4,11-12,15H2,1-3H3,(H,33,34)/p-1. The second-order valence-electron chi connectivity index (χ2n) is 8.91. The van der Waals surface area contributed by atoms with E-state index in [0.717, 1.165) is 50.1 Å². The van der Waals surface area contributed by atoms with Crippen LogP contribution in [0.15, 0.2) is 48.7 Å². The lowest BCUT2D eigenvalue weighted by atomic mass is 10.1. The van der Waals surface area contributed by atoms with Gasteiger partial charge in [0.05, 0.1) is 29.2 Å². The Kier molecular flexibility index (Phi) is 6.21. The third-order valence-electron chi connectivity index (χ3n) is 6.27. The van der Waals surface area contributed by atoms with Crippen LogP contribution >= 0.6 is 0 Å². The maximum atomic E-state index is 12.7. The molecule has 1 amide bonds. The van der Waals surface area contributed by atoms with Crippen molar-refractivity contribution in [1.29, 1.82) is 0 Å². The molecule has 9 heteroatoms. The van der Waals surface area contributed by atoms with Crippen LogP contribution in [0.3, 0.4) is 0 Å². The molecule has 0 spiro atoms. The average Bonchev–Trinajstić information content (AvgIpc) is 3.63. The Morgan fingerprint density at radius 2 is 1.91 bits per heavy atom. The van der Waals surface area contributed by atoms with Gasteiger partial charge in [0.25, 0.3) is 0 Å². The number of carbonyl (C=O) groups excluding carboxylic acids is 1. The Balaban J connectivity index is 1.48. The van der Waals surface area contributed by atoms with Crippen LogP contribution in [0.5, 0.6) is 0 Å². The molecular formula is C26H26N5O3S-. The molecule has 0 bridgehead atoms. The van der Waals surface area contributed by atoms with Crippen LogP contribution in [0.25, 0.3) is 22.4 Å². The van der Waals surface area contributed by atoms with Crippen LogP contribution in [-0.4, -0.2) is 34.2 Å². The second-order valence-corrected chi connectivity index (χ2v) is 9.71. The minimum Gasteiger partial charge on any atom is -0.755 e. The molecule has 180 valence electrons. The van der Waals surface area contributed by atoms with Gasteiger partial charge in [0.1, 0.15) is 11.3 Å². The van der Waals surface area contributed by atoms with Gasteiger partial charge in [-0.25, -0.2) is 14.3 Å². The molecule has 8 nitrogen and oxygen atoms in total. The fourth-order valence-electron chi connectivity index (χ4n) is 4.39. The number of aromatic nitrogens is 4. The summed E-state index contributed by atoms with van der Waals surface area (Å²) < 4.78 is 26.9. The lowest BCUT2D eigenvalue weighted by Gasteiger charge is -2.26. The molecule has 1 fully saturated rings. The van der Waals surface area contributed by atoms with E-state index in [2.05, 4.69) is 23.4 Å². The van der Waals surface area contributed by atoms with Crippen molar-refractivity contribution in [2.45, 2.75) is 46.6 Å². The summed E-state index contributed by atoms with van der Waals surface area (Å²) >= 11 is -2.72. The largest absolute Gasteiger partial charge is 0.755 e. The number of amides is 1. The fraction of sp³-hybridized carbons (Fsp3) is 0.308. The number of carbonyl (C=O) groups is 1. The van der Waals surface area contributed by atoms with Gasteiger partial charge >= 0.3 is 0 Å². The molecule has 1 aliphatic rings. The summed E-state index contributed by atoms with van der Waals surface area (Å²) in [6.45, 7) is 6.74. The number of imidazole rings is 1. The van der Waals surface area contributed by atoms with E-state index in [4.69, 9.17) is 9.97 Å². The summed E-state index contributed by atoms with van der Waals surface area (Å²) in [4.78, 5) is 26.6. The van der Waals surface area contributed by atoms with Crippen LogP contribution in [0.2, 0.25) is 0 Å². The molecule has 35 heavy (non-hydrogen) atoms. The molecule has 1 unspecified atom stereocenters. The van der Waals surface area contributed by atoms with Crippen molar-refractivity contribution >= 4 is 34.0 Å². The number of nitrogens with zero attached hydrogens (tertiary/aromatic N) is 5. The van der Waals surface area contributed by atoms with E-state index in [1.54, 1.807) is 18.3 Å². The van der Waals surface area contributed by atoms with Crippen molar-refractivity contribution in [1.82, 2.24) is 19.5 Å². The summed E-state index contributed by atoms with van der Waals surface area (Å²) in [6, 6.07) is 13.1. The first-order valence-electron chi connectivity index (χ1n) is 11.7. The normalized spacial score (nSPS) is 14.3. The summed E-state index contributed by atoms with van der Waals surface area (Å²) in [7, 11) is 0. The predicted molar refractivity (Wildman–Crippen MR) is 134 cm³/mol. The van der Waals surface area contributed by atoms with E-state index < -0.39 is 17.2 Å². The molecule has 0 radical (unpaired) electrons. The van der Waals surface area contributed by atoms with Crippen molar-refractivity contribution < 1.29 is 13.6 Å². The lowest BCUT2D eigenvalue weighted by Crippen LogP contribution is -2.34. The Morgan fingerprint density at radius 1 is 1.17 bits per heavy atom. The monoisotopic (exact) mass is 488 g/mol. The van der Waals surface area contributed by atoms with Gasteiger partial charge in [0.15, 0.2) is 5.65 Å². The summed E-state index contributed by atoms with van der Waals surface area (Å²) in [5.74, 6) is 0.341. The van der Waals surface area contributed by atoms with E-state index in [1.165, 1.54) is 0 Å². The molecule has 1 saturated carbocycles. The minimum atomic E-state index is -2.72. The highest BCUT2D eigenvalue weighted by Gasteiger charge is 2.35.